The van der Waals surface area contributed by atoms with Crippen LogP contribution in [0, 0.1) is 12.7 Å². The van der Waals surface area contributed by atoms with Crippen LogP contribution in [0.5, 0.6) is 0 Å². The Hall–Kier alpha value is -3.65. The second-order valence-electron chi connectivity index (χ2n) is 8.50. The molecule has 0 atom stereocenters. The standard InChI is InChI=1S/C27H25FN4O2S/c1-19-7-6-8-20(17-19)30-13-15-31(16-14-30)25(33)18-35-27-29-23-11-4-2-9-21(23)26(34)32(27)24-12-5-3-10-22(24)28/h2-12,17H,13-16,18H2,1H3. The summed E-state index contributed by atoms with van der Waals surface area (Å²) in [7, 11) is 0. The molecule has 3 aromatic carbocycles. The predicted molar refractivity (Wildman–Crippen MR) is 138 cm³/mol. The first-order chi connectivity index (χ1) is 17.0. The number of fused-ring (bicyclic) bond motifs is 1. The summed E-state index contributed by atoms with van der Waals surface area (Å²) in [5.74, 6) is -0.433. The van der Waals surface area contributed by atoms with E-state index in [0.717, 1.165) is 24.9 Å². The van der Waals surface area contributed by atoms with Crippen molar-refractivity contribution in [1.29, 1.82) is 0 Å². The molecule has 6 nitrogen and oxygen atoms in total. The van der Waals surface area contributed by atoms with Crippen LogP contribution in [0.15, 0.2) is 82.7 Å². The normalized spacial score (nSPS) is 13.9. The summed E-state index contributed by atoms with van der Waals surface area (Å²) in [4.78, 5) is 35.0. The first-order valence-corrected chi connectivity index (χ1v) is 12.5. The van der Waals surface area contributed by atoms with Gasteiger partial charge in [-0.1, -0.05) is 48.2 Å². The number of aryl methyl sites for hydroxylation is 1. The number of amides is 1. The molecular weight excluding hydrogens is 463 g/mol. The van der Waals surface area contributed by atoms with Crippen molar-refractivity contribution in [3.63, 3.8) is 0 Å². The van der Waals surface area contributed by atoms with Gasteiger partial charge in [0.1, 0.15) is 5.82 Å². The Morgan fingerprint density at radius 3 is 2.49 bits per heavy atom. The summed E-state index contributed by atoms with van der Waals surface area (Å²) < 4.78 is 15.9. The minimum atomic E-state index is -0.521. The fourth-order valence-electron chi connectivity index (χ4n) is 4.31. The zero-order chi connectivity index (χ0) is 24.4. The lowest BCUT2D eigenvalue weighted by Crippen LogP contribution is -2.49. The largest absolute Gasteiger partial charge is 0.368 e. The van der Waals surface area contributed by atoms with Crippen LogP contribution in [0.1, 0.15) is 5.56 Å². The number of rotatable bonds is 5. The molecule has 0 spiro atoms. The van der Waals surface area contributed by atoms with Crippen LogP contribution >= 0.6 is 11.8 Å². The Morgan fingerprint density at radius 2 is 1.71 bits per heavy atom. The van der Waals surface area contributed by atoms with Gasteiger partial charge in [0.25, 0.3) is 5.56 Å². The molecule has 4 aromatic rings. The molecule has 0 N–H and O–H groups in total. The van der Waals surface area contributed by atoms with Gasteiger partial charge in [0, 0.05) is 31.9 Å². The van der Waals surface area contributed by atoms with Crippen molar-refractivity contribution in [2.24, 2.45) is 0 Å². The highest BCUT2D eigenvalue weighted by Crippen LogP contribution is 2.24. The van der Waals surface area contributed by atoms with Gasteiger partial charge < -0.3 is 9.80 Å². The van der Waals surface area contributed by atoms with Gasteiger partial charge in [-0.3, -0.25) is 14.2 Å². The average molecular weight is 489 g/mol. The maximum Gasteiger partial charge on any atom is 0.266 e. The molecule has 1 saturated heterocycles. The summed E-state index contributed by atoms with van der Waals surface area (Å²) in [6.07, 6.45) is 0. The summed E-state index contributed by atoms with van der Waals surface area (Å²) in [6.45, 7) is 4.83. The second-order valence-corrected chi connectivity index (χ2v) is 9.44. The Balaban J connectivity index is 1.35. The fourth-order valence-corrected chi connectivity index (χ4v) is 5.22. The number of hydrogen-bond donors (Lipinski definition) is 0. The second kappa shape index (κ2) is 9.92. The van der Waals surface area contributed by atoms with Gasteiger partial charge in [-0.2, -0.15) is 0 Å². The Kier molecular flexibility index (Phi) is 6.55. The molecule has 1 amide bonds. The third-order valence-corrected chi connectivity index (χ3v) is 7.09. The molecule has 2 heterocycles. The summed E-state index contributed by atoms with van der Waals surface area (Å²) in [6, 6.07) is 21.4. The lowest BCUT2D eigenvalue weighted by Gasteiger charge is -2.36. The molecular formula is C27H25FN4O2S. The van der Waals surface area contributed by atoms with E-state index in [-0.39, 0.29) is 22.9 Å². The van der Waals surface area contributed by atoms with Gasteiger partial charge in [0.05, 0.1) is 22.3 Å². The number of benzene rings is 3. The Bertz CT molecular complexity index is 1450. The van der Waals surface area contributed by atoms with Crippen LogP contribution in [0.3, 0.4) is 0 Å². The van der Waals surface area contributed by atoms with Crippen LogP contribution in [-0.2, 0) is 4.79 Å². The van der Waals surface area contributed by atoms with Crippen LogP contribution in [0.4, 0.5) is 10.1 Å². The number of aromatic nitrogens is 2. The van der Waals surface area contributed by atoms with Gasteiger partial charge in [-0.15, -0.1) is 0 Å². The summed E-state index contributed by atoms with van der Waals surface area (Å²) in [5, 5.41) is 0.698. The molecule has 0 saturated carbocycles. The zero-order valence-electron chi connectivity index (χ0n) is 19.4. The molecule has 178 valence electrons. The first-order valence-electron chi connectivity index (χ1n) is 11.5. The molecule has 0 bridgehead atoms. The van der Waals surface area contributed by atoms with Crippen LogP contribution < -0.4 is 10.5 Å². The Labute approximate surface area is 207 Å². The van der Waals surface area contributed by atoms with Crippen LogP contribution in [0.25, 0.3) is 16.6 Å². The molecule has 5 rings (SSSR count). The van der Waals surface area contributed by atoms with E-state index in [2.05, 4.69) is 35.0 Å². The fraction of sp³-hybridized carbons (Fsp3) is 0.222. The van der Waals surface area contributed by atoms with Gasteiger partial charge in [0.15, 0.2) is 5.16 Å². The molecule has 0 aliphatic carbocycles. The van der Waals surface area contributed by atoms with E-state index in [0.29, 0.717) is 29.1 Å². The van der Waals surface area contributed by atoms with Crippen LogP contribution in [-0.4, -0.2) is 52.3 Å². The molecule has 8 heteroatoms. The molecule has 1 fully saturated rings. The van der Waals surface area contributed by atoms with E-state index >= 15 is 0 Å². The number of anilines is 1. The number of carbonyl (C=O) groups is 1. The third kappa shape index (κ3) is 4.79. The van der Waals surface area contributed by atoms with Gasteiger partial charge in [0.2, 0.25) is 5.91 Å². The minimum absolute atomic E-state index is 0.0265. The molecule has 0 radical (unpaired) electrons. The van der Waals surface area contributed by atoms with Crippen molar-refractivity contribution in [2.45, 2.75) is 12.1 Å². The predicted octanol–water partition coefficient (Wildman–Crippen LogP) is 4.27. The highest BCUT2D eigenvalue weighted by Gasteiger charge is 2.23. The van der Waals surface area contributed by atoms with Crippen molar-refractivity contribution >= 4 is 34.3 Å². The average Bonchev–Trinajstić information content (AvgIpc) is 2.88. The van der Waals surface area contributed by atoms with E-state index in [1.54, 1.807) is 42.5 Å². The topological polar surface area (TPSA) is 58.4 Å². The van der Waals surface area contributed by atoms with E-state index < -0.39 is 5.82 Å². The van der Waals surface area contributed by atoms with Gasteiger partial charge >= 0.3 is 0 Å². The number of para-hydroxylation sites is 2. The van der Waals surface area contributed by atoms with E-state index in [1.165, 1.54) is 21.9 Å². The van der Waals surface area contributed by atoms with Crippen LogP contribution in [0.2, 0.25) is 0 Å². The number of hydrogen-bond acceptors (Lipinski definition) is 5. The number of piperazine rings is 1. The van der Waals surface area contributed by atoms with Crippen molar-refractivity contribution in [2.75, 3.05) is 36.8 Å². The summed E-state index contributed by atoms with van der Waals surface area (Å²) >= 11 is 1.16. The summed E-state index contributed by atoms with van der Waals surface area (Å²) in [5.41, 5.74) is 2.66. The molecule has 0 unspecified atom stereocenters. The van der Waals surface area contributed by atoms with Crippen molar-refractivity contribution < 1.29 is 9.18 Å². The highest BCUT2D eigenvalue weighted by atomic mass is 32.2. The van der Waals surface area contributed by atoms with Crippen molar-refractivity contribution in [3.05, 3.63) is 94.5 Å². The molecule has 1 aliphatic rings. The van der Waals surface area contributed by atoms with Gasteiger partial charge in [-0.25, -0.2) is 9.37 Å². The SMILES string of the molecule is Cc1cccc(N2CCN(C(=O)CSc3nc4ccccc4c(=O)n3-c3ccccc3F)CC2)c1. The minimum Gasteiger partial charge on any atom is -0.368 e. The monoisotopic (exact) mass is 488 g/mol. The molecule has 1 aromatic heterocycles. The van der Waals surface area contributed by atoms with E-state index in [1.807, 2.05) is 11.0 Å². The zero-order valence-corrected chi connectivity index (χ0v) is 20.2. The smallest absolute Gasteiger partial charge is 0.266 e. The van der Waals surface area contributed by atoms with E-state index in [4.69, 9.17) is 0 Å². The van der Waals surface area contributed by atoms with Crippen molar-refractivity contribution in [1.82, 2.24) is 14.5 Å². The third-order valence-electron chi connectivity index (χ3n) is 6.16. The maximum absolute atomic E-state index is 14.7. The number of nitrogens with zero attached hydrogens (tertiary/aromatic N) is 4. The van der Waals surface area contributed by atoms with E-state index in [9.17, 15) is 14.0 Å². The maximum atomic E-state index is 14.7. The Morgan fingerprint density at radius 1 is 0.971 bits per heavy atom. The molecule has 35 heavy (non-hydrogen) atoms. The number of carbonyl (C=O) groups excluding carboxylic acids is 1. The molecule has 1 aliphatic heterocycles. The lowest BCUT2D eigenvalue weighted by atomic mass is 10.2. The highest BCUT2D eigenvalue weighted by molar-refractivity contribution is 7.99. The number of halogens is 1. The van der Waals surface area contributed by atoms with Crippen molar-refractivity contribution in [3.8, 4) is 5.69 Å². The number of thioether (sulfide) groups is 1. The van der Waals surface area contributed by atoms with Gasteiger partial charge in [-0.05, 0) is 48.9 Å². The quantitative estimate of drug-likeness (QED) is 0.310. The lowest BCUT2D eigenvalue weighted by molar-refractivity contribution is -0.128. The first kappa shape index (κ1) is 23.1.